The molecular formula is C19H17N5O2. The van der Waals surface area contributed by atoms with Crippen LogP contribution in [-0.4, -0.2) is 32.0 Å². The Balaban J connectivity index is 1.53. The highest BCUT2D eigenvalue weighted by atomic mass is 16.1. The number of aryl methyl sites for hydroxylation is 1. The Morgan fingerprint density at radius 2 is 2.08 bits per heavy atom. The van der Waals surface area contributed by atoms with Crippen LogP contribution in [0.2, 0.25) is 0 Å². The van der Waals surface area contributed by atoms with Crippen molar-refractivity contribution in [1.29, 1.82) is 0 Å². The van der Waals surface area contributed by atoms with Crippen LogP contribution >= 0.6 is 0 Å². The Labute approximate surface area is 148 Å². The molecule has 3 heterocycles. The van der Waals surface area contributed by atoms with Crippen molar-refractivity contribution in [2.45, 2.75) is 13.5 Å². The van der Waals surface area contributed by atoms with Gasteiger partial charge in [-0.1, -0.05) is 6.07 Å². The van der Waals surface area contributed by atoms with E-state index in [0.29, 0.717) is 35.5 Å². The number of carbonyl (C=O) groups excluding carboxylic acids is 1. The van der Waals surface area contributed by atoms with Gasteiger partial charge in [0.25, 0.3) is 11.5 Å². The SMILES string of the molecule is Cc1nc2ncccc2c(=O)n1CCNC(=O)c1cccc2[nH]ccc12. The molecule has 0 fully saturated rings. The maximum absolute atomic E-state index is 12.6. The molecule has 7 nitrogen and oxygen atoms in total. The van der Waals surface area contributed by atoms with Gasteiger partial charge in [-0.25, -0.2) is 9.97 Å². The number of nitrogens with one attached hydrogen (secondary N) is 2. The van der Waals surface area contributed by atoms with Gasteiger partial charge < -0.3 is 10.3 Å². The van der Waals surface area contributed by atoms with Crippen LogP contribution in [0, 0.1) is 6.92 Å². The number of rotatable bonds is 4. The first-order valence-electron chi connectivity index (χ1n) is 8.31. The molecule has 0 bridgehead atoms. The second-order valence-corrected chi connectivity index (χ2v) is 5.99. The molecule has 26 heavy (non-hydrogen) atoms. The number of fused-ring (bicyclic) bond motifs is 2. The number of pyridine rings is 1. The average Bonchev–Trinajstić information content (AvgIpc) is 3.13. The van der Waals surface area contributed by atoms with Crippen molar-refractivity contribution < 1.29 is 4.79 Å². The first-order valence-corrected chi connectivity index (χ1v) is 8.31. The van der Waals surface area contributed by atoms with Gasteiger partial charge >= 0.3 is 0 Å². The van der Waals surface area contributed by atoms with E-state index in [-0.39, 0.29) is 11.5 Å². The number of carbonyl (C=O) groups is 1. The van der Waals surface area contributed by atoms with Crippen LogP contribution in [0.3, 0.4) is 0 Å². The lowest BCUT2D eigenvalue weighted by atomic mass is 10.1. The van der Waals surface area contributed by atoms with E-state index in [1.165, 1.54) is 0 Å². The predicted molar refractivity (Wildman–Crippen MR) is 99.2 cm³/mol. The molecule has 0 atom stereocenters. The van der Waals surface area contributed by atoms with Crippen molar-refractivity contribution in [3.05, 3.63) is 70.5 Å². The highest BCUT2D eigenvalue weighted by molar-refractivity contribution is 6.06. The monoisotopic (exact) mass is 347 g/mol. The molecule has 0 spiro atoms. The van der Waals surface area contributed by atoms with Gasteiger partial charge in [-0.2, -0.15) is 0 Å². The summed E-state index contributed by atoms with van der Waals surface area (Å²) >= 11 is 0. The van der Waals surface area contributed by atoms with E-state index < -0.39 is 0 Å². The summed E-state index contributed by atoms with van der Waals surface area (Å²) in [7, 11) is 0. The zero-order valence-electron chi connectivity index (χ0n) is 14.2. The molecule has 0 saturated heterocycles. The van der Waals surface area contributed by atoms with Gasteiger partial charge in [-0.3, -0.25) is 14.2 Å². The highest BCUT2D eigenvalue weighted by Gasteiger charge is 2.11. The lowest BCUT2D eigenvalue weighted by Gasteiger charge is -2.11. The first-order chi connectivity index (χ1) is 12.6. The van der Waals surface area contributed by atoms with Crippen LogP contribution in [0.5, 0.6) is 0 Å². The molecular weight excluding hydrogens is 330 g/mol. The predicted octanol–water partition coefficient (Wildman–Crippen LogP) is 2.01. The minimum atomic E-state index is -0.170. The summed E-state index contributed by atoms with van der Waals surface area (Å²) in [6.07, 6.45) is 3.42. The minimum absolute atomic E-state index is 0.150. The minimum Gasteiger partial charge on any atom is -0.361 e. The summed E-state index contributed by atoms with van der Waals surface area (Å²) in [6.45, 7) is 2.43. The standard InChI is InChI=1S/C19H17N5O2/c1-12-23-17-15(5-3-8-21-17)19(26)24(12)11-10-22-18(25)14-4-2-6-16-13(14)7-9-20-16/h2-9,20H,10-11H2,1H3,(H,22,25). The average molecular weight is 347 g/mol. The molecule has 1 aromatic carbocycles. The zero-order chi connectivity index (χ0) is 18.1. The van der Waals surface area contributed by atoms with Gasteiger partial charge in [0.15, 0.2) is 5.65 Å². The first kappa shape index (κ1) is 16.0. The van der Waals surface area contributed by atoms with E-state index in [1.807, 2.05) is 18.2 Å². The second kappa shape index (κ2) is 6.44. The van der Waals surface area contributed by atoms with E-state index in [1.54, 1.807) is 42.1 Å². The molecule has 7 heteroatoms. The van der Waals surface area contributed by atoms with Crippen LogP contribution in [0.1, 0.15) is 16.2 Å². The molecule has 0 aliphatic carbocycles. The maximum Gasteiger partial charge on any atom is 0.263 e. The fraction of sp³-hybridized carbons (Fsp3) is 0.158. The molecule has 0 aliphatic heterocycles. The van der Waals surface area contributed by atoms with Crippen molar-refractivity contribution in [3.63, 3.8) is 0 Å². The quantitative estimate of drug-likeness (QED) is 0.591. The summed E-state index contributed by atoms with van der Waals surface area (Å²) in [5.74, 6) is 0.402. The Bertz CT molecular complexity index is 1180. The van der Waals surface area contributed by atoms with Gasteiger partial charge in [0, 0.05) is 41.9 Å². The molecule has 0 aliphatic rings. The van der Waals surface area contributed by atoms with Crippen molar-refractivity contribution in [3.8, 4) is 0 Å². The fourth-order valence-corrected chi connectivity index (χ4v) is 3.08. The van der Waals surface area contributed by atoms with Gasteiger partial charge in [0.2, 0.25) is 0 Å². The van der Waals surface area contributed by atoms with Crippen LogP contribution in [0.15, 0.2) is 53.6 Å². The number of hydrogen-bond acceptors (Lipinski definition) is 4. The molecule has 0 saturated carbocycles. The van der Waals surface area contributed by atoms with Crippen LogP contribution in [0.25, 0.3) is 21.9 Å². The van der Waals surface area contributed by atoms with Gasteiger partial charge in [0.1, 0.15) is 5.82 Å². The number of H-pyrrole nitrogens is 1. The van der Waals surface area contributed by atoms with E-state index in [0.717, 1.165) is 10.9 Å². The van der Waals surface area contributed by atoms with E-state index in [9.17, 15) is 9.59 Å². The third kappa shape index (κ3) is 2.73. The smallest absolute Gasteiger partial charge is 0.263 e. The topological polar surface area (TPSA) is 92.7 Å². The lowest BCUT2D eigenvalue weighted by molar-refractivity contribution is 0.0953. The zero-order valence-corrected chi connectivity index (χ0v) is 14.2. The molecule has 3 aromatic heterocycles. The Morgan fingerprint density at radius 1 is 1.19 bits per heavy atom. The van der Waals surface area contributed by atoms with Crippen LogP contribution in [0.4, 0.5) is 0 Å². The van der Waals surface area contributed by atoms with Crippen molar-refractivity contribution >= 4 is 27.8 Å². The number of hydrogen-bond donors (Lipinski definition) is 2. The lowest BCUT2D eigenvalue weighted by Crippen LogP contribution is -2.32. The number of benzene rings is 1. The van der Waals surface area contributed by atoms with Crippen molar-refractivity contribution in [1.82, 2.24) is 24.8 Å². The molecule has 0 radical (unpaired) electrons. The number of nitrogens with zero attached hydrogens (tertiary/aromatic N) is 3. The highest BCUT2D eigenvalue weighted by Crippen LogP contribution is 2.17. The molecule has 2 N–H and O–H groups in total. The fourth-order valence-electron chi connectivity index (χ4n) is 3.08. The molecule has 1 amide bonds. The van der Waals surface area contributed by atoms with Crippen molar-refractivity contribution in [2.24, 2.45) is 0 Å². The van der Waals surface area contributed by atoms with Crippen LogP contribution < -0.4 is 10.9 Å². The summed E-state index contributed by atoms with van der Waals surface area (Å²) in [5.41, 5.74) is 1.81. The number of aromatic nitrogens is 4. The molecule has 4 rings (SSSR count). The van der Waals surface area contributed by atoms with Crippen LogP contribution in [-0.2, 0) is 6.54 Å². The summed E-state index contributed by atoms with van der Waals surface area (Å²) < 4.78 is 1.56. The Morgan fingerprint density at radius 3 is 2.96 bits per heavy atom. The molecule has 4 aromatic rings. The molecule has 130 valence electrons. The maximum atomic E-state index is 12.6. The normalized spacial score (nSPS) is 11.1. The summed E-state index contributed by atoms with van der Waals surface area (Å²) in [6, 6.07) is 10.8. The number of amides is 1. The Hall–Kier alpha value is -3.48. The Kier molecular flexibility index (Phi) is 3.96. The van der Waals surface area contributed by atoms with Gasteiger partial charge in [-0.05, 0) is 37.3 Å². The van der Waals surface area contributed by atoms with Gasteiger partial charge in [-0.15, -0.1) is 0 Å². The van der Waals surface area contributed by atoms with Gasteiger partial charge in [0.05, 0.1) is 5.39 Å². The summed E-state index contributed by atoms with van der Waals surface area (Å²) in [4.78, 5) is 36.7. The van der Waals surface area contributed by atoms with E-state index in [2.05, 4.69) is 20.3 Å². The number of aromatic amines is 1. The van der Waals surface area contributed by atoms with Crippen molar-refractivity contribution in [2.75, 3.05) is 6.54 Å². The molecule has 0 unspecified atom stereocenters. The third-order valence-electron chi connectivity index (χ3n) is 4.38. The second-order valence-electron chi connectivity index (χ2n) is 5.99. The summed E-state index contributed by atoms with van der Waals surface area (Å²) in [5, 5.41) is 4.22. The largest absolute Gasteiger partial charge is 0.361 e. The third-order valence-corrected chi connectivity index (χ3v) is 4.38. The van der Waals surface area contributed by atoms with E-state index in [4.69, 9.17) is 0 Å². The van der Waals surface area contributed by atoms with E-state index >= 15 is 0 Å².